The maximum absolute atomic E-state index is 5.22. The highest BCUT2D eigenvalue weighted by Gasteiger charge is 2.03. The highest BCUT2D eigenvalue weighted by molar-refractivity contribution is 9.10. The molecule has 1 aromatic heterocycles. The zero-order valence-corrected chi connectivity index (χ0v) is 12.8. The summed E-state index contributed by atoms with van der Waals surface area (Å²) in [5.41, 5.74) is 2.39. The topological polar surface area (TPSA) is 39.1 Å². The highest BCUT2D eigenvalue weighted by atomic mass is 79.9. The molecule has 19 heavy (non-hydrogen) atoms. The first-order valence-corrected chi connectivity index (χ1v) is 7.06. The summed E-state index contributed by atoms with van der Waals surface area (Å²) in [6.07, 6.45) is 3.97. The van der Waals surface area contributed by atoms with E-state index in [4.69, 9.17) is 4.74 Å². The average Bonchev–Trinajstić information content (AvgIpc) is 2.84. The van der Waals surface area contributed by atoms with E-state index in [9.17, 15) is 0 Å². The molecule has 0 aliphatic heterocycles. The van der Waals surface area contributed by atoms with E-state index in [0.717, 1.165) is 29.9 Å². The summed E-state index contributed by atoms with van der Waals surface area (Å²) in [7, 11) is 1.67. The zero-order chi connectivity index (χ0) is 13.7. The first-order chi connectivity index (χ1) is 9.22. The second kappa shape index (κ2) is 6.73. The van der Waals surface area contributed by atoms with E-state index < -0.39 is 0 Å². The smallest absolute Gasteiger partial charge is 0.133 e. The molecule has 0 aliphatic carbocycles. The lowest BCUT2D eigenvalue weighted by Gasteiger charge is -2.06. The van der Waals surface area contributed by atoms with Crippen molar-refractivity contribution in [2.75, 3.05) is 13.7 Å². The SMILES string of the molecule is CCNCc1cnn(Cc2ccc(OC)c(Br)c2)c1. The molecule has 1 heterocycles. The lowest BCUT2D eigenvalue weighted by molar-refractivity contribution is 0.412. The van der Waals surface area contributed by atoms with Gasteiger partial charge in [-0.15, -0.1) is 0 Å². The van der Waals surface area contributed by atoms with Crippen LogP contribution < -0.4 is 10.1 Å². The maximum atomic E-state index is 5.22. The van der Waals surface area contributed by atoms with Crippen molar-refractivity contribution in [1.29, 1.82) is 0 Å². The van der Waals surface area contributed by atoms with Gasteiger partial charge in [-0.05, 0) is 40.2 Å². The van der Waals surface area contributed by atoms with E-state index in [1.54, 1.807) is 7.11 Å². The third-order valence-corrected chi connectivity index (χ3v) is 3.45. The average molecular weight is 324 g/mol. The summed E-state index contributed by atoms with van der Waals surface area (Å²) >= 11 is 3.50. The van der Waals surface area contributed by atoms with Crippen LogP contribution in [0.2, 0.25) is 0 Å². The molecule has 0 spiro atoms. The third-order valence-electron chi connectivity index (χ3n) is 2.83. The van der Waals surface area contributed by atoms with Crippen molar-refractivity contribution in [3.63, 3.8) is 0 Å². The Balaban J connectivity index is 2.04. The summed E-state index contributed by atoms with van der Waals surface area (Å²) in [4.78, 5) is 0. The van der Waals surface area contributed by atoms with Gasteiger partial charge in [0.05, 0.1) is 24.3 Å². The number of benzene rings is 1. The Morgan fingerprint density at radius 2 is 2.21 bits per heavy atom. The minimum Gasteiger partial charge on any atom is -0.496 e. The predicted molar refractivity (Wildman–Crippen MR) is 79.4 cm³/mol. The van der Waals surface area contributed by atoms with Crippen molar-refractivity contribution in [2.24, 2.45) is 0 Å². The molecule has 102 valence electrons. The fourth-order valence-electron chi connectivity index (χ4n) is 1.85. The van der Waals surface area contributed by atoms with E-state index in [2.05, 4.69) is 51.6 Å². The quantitative estimate of drug-likeness (QED) is 0.888. The van der Waals surface area contributed by atoms with Crippen LogP contribution in [0.3, 0.4) is 0 Å². The molecule has 1 aromatic carbocycles. The normalized spacial score (nSPS) is 10.7. The van der Waals surface area contributed by atoms with Crippen LogP contribution >= 0.6 is 15.9 Å². The molecule has 2 aromatic rings. The maximum Gasteiger partial charge on any atom is 0.133 e. The zero-order valence-electron chi connectivity index (χ0n) is 11.2. The fourth-order valence-corrected chi connectivity index (χ4v) is 2.44. The van der Waals surface area contributed by atoms with E-state index in [0.29, 0.717) is 0 Å². The Morgan fingerprint density at radius 3 is 2.89 bits per heavy atom. The first-order valence-electron chi connectivity index (χ1n) is 6.27. The molecule has 0 bridgehead atoms. The molecule has 2 rings (SSSR count). The number of halogens is 1. The van der Waals surface area contributed by atoms with Gasteiger partial charge in [-0.1, -0.05) is 13.0 Å². The number of aromatic nitrogens is 2. The van der Waals surface area contributed by atoms with Crippen molar-refractivity contribution in [1.82, 2.24) is 15.1 Å². The highest BCUT2D eigenvalue weighted by Crippen LogP contribution is 2.25. The summed E-state index contributed by atoms with van der Waals surface area (Å²) < 4.78 is 8.13. The van der Waals surface area contributed by atoms with Crippen LogP contribution in [0.4, 0.5) is 0 Å². The van der Waals surface area contributed by atoms with E-state index in [-0.39, 0.29) is 0 Å². The Bertz CT molecular complexity index is 539. The molecule has 0 amide bonds. The summed E-state index contributed by atoms with van der Waals surface area (Å²) in [6.45, 7) is 4.69. The number of hydrogen-bond donors (Lipinski definition) is 1. The van der Waals surface area contributed by atoms with Crippen molar-refractivity contribution in [3.05, 3.63) is 46.2 Å². The van der Waals surface area contributed by atoms with Crippen molar-refractivity contribution in [2.45, 2.75) is 20.0 Å². The number of methoxy groups -OCH3 is 1. The number of nitrogens with one attached hydrogen (secondary N) is 1. The number of rotatable bonds is 6. The van der Waals surface area contributed by atoms with Crippen LogP contribution in [0, 0.1) is 0 Å². The van der Waals surface area contributed by atoms with Gasteiger partial charge in [0.25, 0.3) is 0 Å². The minimum absolute atomic E-state index is 0.759. The van der Waals surface area contributed by atoms with Crippen LogP contribution in [-0.4, -0.2) is 23.4 Å². The second-order valence-electron chi connectivity index (χ2n) is 4.30. The summed E-state index contributed by atoms with van der Waals surface area (Å²) in [6, 6.07) is 6.07. The Kier molecular flexibility index (Phi) is 4.99. The standard InChI is InChI=1S/C14H18BrN3O/c1-3-16-7-12-8-17-18(10-12)9-11-4-5-14(19-2)13(15)6-11/h4-6,8,10,16H,3,7,9H2,1-2H3. The van der Waals surface area contributed by atoms with Gasteiger partial charge in [0, 0.05) is 18.3 Å². The molecule has 0 aliphatic rings. The van der Waals surface area contributed by atoms with Crippen LogP contribution in [0.1, 0.15) is 18.1 Å². The van der Waals surface area contributed by atoms with Crippen LogP contribution in [-0.2, 0) is 13.1 Å². The van der Waals surface area contributed by atoms with Gasteiger partial charge in [0.1, 0.15) is 5.75 Å². The molecule has 0 radical (unpaired) electrons. The Hall–Kier alpha value is -1.33. The number of hydrogen-bond acceptors (Lipinski definition) is 3. The molecule has 1 N–H and O–H groups in total. The minimum atomic E-state index is 0.759. The molecule has 0 fully saturated rings. The van der Waals surface area contributed by atoms with Gasteiger partial charge < -0.3 is 10.1 Å². The molecular formula is C14H18BrN3O. The van der Waals surface area contributed by atoms with E-state index in [1.807, 2.05) is 16.9 Å². The van der Waals surface area contributed by atoms with Crippen molar-refractivity contribution >= 4 is 15.9 Å². The van der Waals surface area contributed by atoms with E-state index in [1.165, 1.54) is 11.1 Å². The largest absolute Gasteiger partial charge is 0.496 e. The van der Waals surface area contributed by atoms with Gasteiger partial charge in [-0.3, -0.25) is 4.68 Å². The van der Waals surface area contributed by atoms with Gasteiger partial charge >= 0.3 is 0 Å². The molecule has 0 saturated heterocycles. The number of ether oxygens (including phenoxy) is 1. The lowest BCUT2D eigenvalue weighted by Crippen LogP contribution is -2.11. The van der Waals surface area contributed by atoms with Crippen LogP contribution in [0.15, 0.2) is 35.1 Å². The van der Waals surface area contributed by atoms with Crippen molar-refractivity contribution in [3.8, 4) is 5.75 Å². The second-order valence-corrected chi connectivity index (χ2v) is 5.15. The van der Waals surface area contributed by atoms with Gasteiger partial charge in [0.2, 0.25) is 0 Å². The fraction of sp³-hybridized carbons (Fsp3) is 0.357. The Labute approximate surface area is 121 Å². The van der Waals surface area contributed by atoms with Crippen LogP contribution in [0.5, 0.6) is 5.75 Å². The third kappa shape index (κ3) is 3.81. The molecular weight excluding hydrogens is 306 g/mol. The summed E-state index contributed by atoms with van der Waals surface area (Å²) in [5, 5.41) is 7.66. The Morgan fingerprint density at radius 1 is 1.37 bits per heavy atom. The van der Waals surface area contributed by atoms with Crippen LogP contribution in [0.25, 0.3) is 0 Å². The molecule has 0 atom stereocenters. The molecule has 0 unspecified atom stereocenters. The van der Waals surface area contributed by atoms with Gasteiger partial charge in [-0.25, -0.2) is 0 Å². The molecule has 5 heteroatoms. The predicted octanol–water partition coefficient (Wildman–Crippen LogP) is 2.81. The van der Waals surface area contributed by atoms with E-state index >= 15 is 0 Å². The van der Waals surface area contributed by atoms with Gasteiger partial charge in [0.15, 0.2) is 0 Å². The monoisotopic (exact) mass is 323 g/mol. The lowest BCUT2D eigenvalue weighted by atomic mass is 10.2. The molecule has 0 saturated carbocycles. The molecule has 4 nitrogen and oxygen atoms in total. The van der Waals surface area contributed by atoms with Crippen molar-refractivity contribution < 1.29 is 4.74 Å². The number of nitrogens with zero attached hydrogens (tertiary/aromatic N) is 2. The first kappa shape index (κ1) is 14.1. The summed E-state index contributed by atoms with van der Waals surface area (Å²) in [5.74, 6) is 0.844. The van der Waals surface area contributed by atoms with Gasteiger partial charge in [-0.2, -0.15) is 5.10 Å².